The van der Waals surface area contributed by atoms with Crippen molar-refractivity contribution in [3.8, 4) is 0 Å². The molecule has 2 rings (SSSR count). The lowest BCUT2D eigenvalue weighted by Gasteiger charge is -2.15. The summed E-state index contributed by atoms with van der Waals surface area (Å²) in [5.41, 5.74) is 0. The van der Waals surface area contributed by atoms with Crippen LogP contribution in [0.15, 0.2) is 17.6 Å². The van der Waals surface area contributed by atoms with E-state index in [0.717, 1.165) is 23.4 Å². The van der Waals surface area contributed by atoms with E-state index >= 15 is 0 Å². The van der Waals surface area contributed by atoms with Crippen LogP contribution in [0.25, 0.3) is 0 Å². The van der Waals surface area contributed by atoms with Crippen LogP contribution < -0.4 is 5.32 Å². The fraction of sp³-hybridized carbons (Fsp3) is 0.700. The first-order chi connectivity index (χ1) is 6.90. The summed E-state index contributed by atoms with van der Waals surface area (Å²) in [5, 5.41) is 4.58. The zero-order valence-electron chi connectivity index (χ0n) is 8.49. The first-order valence-corrected chi connectivity index (χ1v) is 6.24. The molecular formula is C10H17N3S. The number of H-pyrrole nitrogens is 1. The summed E-state index contributed by atoms with van der Waals surface area (Å²) in [6, 6.07) is 0.676. The molecule has 1 heterocycles. The maximum absolute atomic E-state index is 4.21. The predicted molar refractivity (Wildman–Crippen MR) is 59.5 cm³/mol. The van der Waals surface area contributed by atoms with Crippen LogP contribution in [0.3, 0.4) is 0 Å². The molecule has 0 aliphatic heterocycles. The zero-order valence-corrected chi connectivity index (χ0v) is 9.31. The minimum Gasteiger partial charge on any atom is -0.340 e. The van der Waals surface area contributed by atoms with E-state index < -0.39 is 0 Å². The predicted octanol–water partition coefficient (Wildman–Crippen LogP) is 1.89. The molecule has 1 atom stereocenters. The number of nitrogens with zero attached hydrogens (tertiary/aromatic N) is 1. The van der Waals surface area contributed by atoms with E-state index in [0.29, 0.717) is 6.04 Å². The Kier molecular flexibility index (Phi) is 3.48. The molecule has 0 amide bonds. The maximum atomic E-state index is 4.21. The molecular weight excluding hydrogens is 194 g/mol. The van der Waals surface area contributed by atoms with E-state index in [4.69, 9.17) is 0 Å². The Balaban J connectivity index is 1.76. The van der Waals surface area contributed by atoms with E-state index in [9.17, 15) is 0 Å². The van der Waals surface area contributed by atoms with Crippen molar-refractivity contribution in [1.82, 2.24) is 15.3 Å². The van der Waals surface area contributed by atoms with E-state index in [2.05, 4.69) is 22.2 Å². The number of imidazole rings is 1. The van der Waals surface area contributed by atoms with Crippen molar-refractivity contribution in [2.24, 2.45) is 5.92 Å². The van der Waals surface area contributed by atoms with E-state index in [1.807, 2.05) is 24.2 Å². The van der Waals surface area contributed by atoms with Crippen LogP contribution in [0.5, 0.6) is 0 Å². The molecule has 2 N–H and O–H groups in total. The SMILES string of the molecule is CCNC(CSc1ncc[nH]1)C1CC1. The summed E-state index contributed by atoms with van der Waals surface area (Å²) in [7, 11) is 0. The molecule has 1 saturated carbocycles. The van der Waals surface area contributed by atoms with Crippen molar-refractivity contribution in [3.63, 3.8) is 0 Å². The number of aromatic nitrogens is 2. The average Bonchev–Trinajstić information content (AvgIpc) is 2.90. The average molecular weight is 211 g/mol. The van der Waals surface area contributed by atoms with Gasteiger partial charge in [-0.3, -0.25) is 0 Å². The third kappa shape index (κ3) is 2.75. The van der Waals surface area contributed by atoms with Gasteiger partial charge in [0.2, 0.25) is 0 Å². The van der Waals surface area contributed by atoms with Gasteiger partial charge < -0.3 is 10.3 Å². The highest BCUT2D eigenvalue weighted by Crippen LogP contribution is 2.34. The van der Waals surface area contributed by atoms with E-state index in [1.165, 1.54) is 12.8 Å². The summed E-state index contributed by atoms with van der Waals surface area (Å²) in [5.74, 6) is 2.05. The van der Waals surface area contributed by atoms with Crippen LogP contribution >= 0.6 is 11.8 Å². The first-order valence-electron chi connectivity index (χ1n) is 5.25. The van der Waals surface area contributed by atoms with Crippen LogP contribution in [0, 0.1) is 5.92 Å². The van der Waals surface area contributed by atoms with Gasteiger partial charge in [0.25, 0.3) is 0 Å². The third-order valence-electron chi connectivity index (χ3n) is 2.53. The highest BCUT2D eigenvalue weighted by atomic mass is 32.2. The molecule has 0 saturated heterocycles. The molecule has 3 nitrogen and oxygen atoms in total. The van der Waals surface area contributed by atoms with Gasteiger partial charge in [-0.2, -0.15) is 0 Å². The highest BCUT2D eigenvalue weighted by Gasteiger charge is 2.30. The highest BCUT2D eigenvalue weighted by molar-refractivity contribution is 7.99. The lowest BCUT2D eigenvalue weighted by molar-refractivity contribution is 0.519. The minimum atomic E-state index is 0.676. The molecule has 1 unspecified atom stereocenters. The number of nitrogens with one attached hydrogen (secondary N) is 2. The van der Waals surface area contributed by atoms with Crippen molar-refractivity contribution in [3.05, 3.63) is 12.4 Å². The fourth-order valence-electron chi connectivity index (χ4n) is 1.62. The molecule has 0 radical (unpaired) electrons. The lowest BCUT2D eigenvalue weighted by Crippen LogP contribution is -2.33. The van der Waals surface area contributed by atoms with Crippen LogP contribution in [0.1, 0.15) is 19.8 Å². The molecule has 78 valence electrons. The molecule has 1 aliphatic carbocycles. The molecule has 4 heteroatoms. The van der Waals surface area contributed by atoms with E-state index in [-0.39, 0.29) is 0 Å². The van der Waals surface area contributed by atoms with Crippen LogP contribution in [0.4, 0.5) is 0 Å². The van der Waals surface area contributed by atoms with Gasteiger partial charge in [0.05, 0.1) is 0 Å². The summed E-state index contributed by atoms with van der Waals surface area (Å²) >= 11 is 1.81. The molecule has 1 fully saturated rings. The van der Waals surface area contributed by atoms with Gasteiger partial charge in [0.15, 0.2) is 5.16 Å². The maximum Gasteiger partial charge on any atom is 0.165 e. The Labute approximate surface area is 89.1 Å². The topological polar surface area (TPSA) is 40.7 Å². The Morgan fingerprint density at radius 1 is 1.71 bits per heavy atom. The number of hydrogen-bond acceptors (Lipinski definition) is 3. The molecule has 1 aromatic rings. The Bertz CT molecular complexity index is 256. The molecule has 1 aliphatic rings. The van der Waals surface area contributed by atoms with Crippen LogP contribution in [-0.4, -0.2) is 28.3 Å². The largest absolute Gasteiger partial charge is 0.340 e. The van der Waals surface area contributed by atoms with Crippen LogP contribution in [-0.2, 0) is 0 Å². The standard InChI is InChI=1S/C10H17N3S/c1-2-11-9(8-3-4-8)7-14-10-12-5-6-13-10/h5-6,8-9,11H,2-4,7H2,1H3,(H,12,13). The summed E-state index contributed by atoms with van der Waals surface area (Å²) in [4.78, 5) is 7.33. The van der Waals surface area contributed by atoms with Gasteiger partial charge in [-0.15, -0.1) is 0 Å². The van der Waals surface area contributed by atoms with E-state index in [1.54, 1.807) is 0 Å². The van der Waals surface area contributed by atoms with Crippen molar-refractivity contribution < 1.29 is 0 Å². The van der Waals surface area contributed by atoms with Crippen molar-refractivity contribution in [1.29, 1.82) is 0 Å². The monoisotopic (exact) mass is 211 g/mol. The van der Waals surface area contributed by atoms with Gasteiger partial charge in [-0.1, -0.05) is 18.7 Å². The first kappa shape index (κ1) is 10.1. The molecule has 0 spiro atoms. The summed E-state index contributed by atoms with van der Waals surface area (Å²) < 4.78 is 0. The Morgan fingerprint density at radius 3 is 3.14 bits per heavy atom. The van der Waals surface area contributed by atoms with Crippen molar-refractivity contribution in [2.75, 3.05) is 12.3 Å². The third-order valence-corrected chi connectivity index (χ3v) is 3.55. The van der Waals surface area contributed by atoms with Crippen LogP contribution in [0.2, 0.25) is 0 Å². The van der Waals surface area contributed by atoms with Gasteiger partial charge in [0, 0.05) is 24.2 Å². The number of rotatable bonds is 6. The van der Waals surface area contributed by atoms with Gasteiger partial charge >= 0.3 is 0 Å². The summed E-state index contributed by atoms with van der Waals surface area (Å²) in [6.07, 6.45) is 6.48. The number of aromatic amines is 1. The number of hydrogen-bond donors (Lipinski definition) is 2. The Morgan fingerprint density at radius 2 is 2.57 bits per heavy atom. The zero-order chi connectivity index (χ0) is 9.80. The lowest BCUT2D eigenvalue weighted by atomic mass is 10.2. The second-order valence-corrected chi connectivity index (χ2v) is 4.72. The van der Waals surface area contributed by atoms with Gasteiger partial charge in [-0.05, 0) is 25.3 Å². The molecule has 14 heavy (non-hydrogen) atoms. The quantitative estimate of drug-likeness (QED) is 0.706. The van der Waals surface area contributed by atoms with Gasteiger partial charge in [-0.25, -0.2) is 4.98 Å². The molecule has 0 bridgehead atoms. The molecule has 0 aromatic carbocycles. The Hall–Kier alpha value is -0.480. The van der Waals surface area contributed by atoms with Crippen molar-refractivity contribution in [2.45, 2.75) is 31.0 Å². The van der Waals surface area contributed by atoms with Gasteiger partial charge in [0.1, 0.15) is 0 Å². The summed E-state index contributed by atoms with van der Waals surface area (Å²) in [6.45, 7) is 3.24. The fourth-order valence-corrected chi connectivity index (χ4v) is 2.64. The smallest absolute Gasteiger partial charge is 0.165 e. The number of thioether (sulfide) groups is 1. The molecule has 1 aromatic heterocycles. The normalized spacial score (nSPS) is 18.4. The minimum absolute atomic E-state index is 0.676. The van der Waals surface area contributed by atoms with Crippen molar-refractivity contribution >= 4 is 11.8 Å². The second kappa shape index (κ2) is 4.84. The second-order valence-electron chi connectivity index (χ2n) is 3.71.